The molecule has 0 saturated carbocycles. The van der Waals surface area contributed by atoms with E-state index in [2.05, 4.69) is 9.88 Å². The molecule has 4 heteroatoms. The maximum atomic E-state index is 10.4. The monoisotopic (exact) mass is 320 g/mol. The van der Waals surface area contributed by atoms with Gasteiger partial charge >= 0.3 is 0 Å². The summed E-state index contributed by atoms with van der Waals surface area (Å²) >= 11 is 0. The first-order chi connectivity index (χ1) is 11.8. The third kappa shape index (κ3) is 4.33. The Morgan fingerprint density at radius 2 is 1.42 bits per heavy atom. The van der Waals surface area contributed by atoms with Crippen molar-refractivity contribution in [1.82, 2.24) is 4.98 Å². The Morgan fingerprint density at radius 1 is 0.833 bits per heavy atom. The van der Waals surface area contributed by atoms with Gasteiger partial charge in [-0.3, -0.25) is 0 Å². The van der Waals surface area contributed by atoms with Crippen molar-refractivity contribution in [2.75, 3.05) is 18.1 Å². The number of para-hydroxylation sites is 2. The predicted molar refractivity (Wildman–Crippen MR) is 95.6 cm³/mol. The summed E-state index contributed by atoms with van der Waals surface area (Å²) < 4.78 is 5.55. The van der Waals surface area contributed by atoms with E-state index >= 15 is 0 Å². The molecule has 0 fully saturated rings. The summed E-state index contributed by atoms with van der Waals surface area (Å²) in [5.41, 5.74) is 2.06. The molecule has 2 aromatic carbocycles. The number of ether oxygens (including phenoxy) is 1. The van der Waals surface area contributed by atoms with Gasteiger partial charge in [0.15, 0.2) is 0 Å². The Morgan fingerprint density at radius 3 is 1.96 bits per heavy atom. The van der Waals surface area contributed by atoms with E-state index in [1.807, 2.05) is 72.8 Å². The van der Waals surface area contributed by atoms with Crippen LogP contribution in [0.25, 0.3) is 0 Å². The number of anilines is 2. The summed E-state index contributed by atoms with van der Waals surface area (Å²) in [4.78, 5) is 6.18. The number of aromatic nitrogens is 1. The number of rotatable bonds is 7. The van der Waals surface area contributed by atoms with E-state index in [0.717, 1.165) is 11.4 Å². The molecule has 4 nitrogen and oxygen atoms in total. The average Bonchev–Trinajstić information content (AvgIpc) is 2.67. The van der Waals surface area contributed by atoms with Gasteiger partial charge in [0.1, 0.15) is 12.7 Å². The van der Waals surface area contributed by atoms with E-state index in [9.17, 15) is 5.11 Å². The van der Waals surface area contributed by atoms with E-state index in [1.165, 1.54) is 0 Å². The summed E-state index contributed by atoms with van der Waals surface area (Å²) in [6, 6.07) is 25.5. The van der Waals surface area contributed by atoms with Crippen LogP contribution < -0.4 is 9.64 Å². The molecule has 1 atom stereocenters. The van der Waals surface area contributed by atoms with Crippen molar-refractivity contribution >= 4 is 11.4 Å². The lowest BCUT2D eigenvalue weighted by atomic mass is 10.2. The molecular formula is C20H20N2O2. The minimum atomic E-state index is -0.646. The lowest BCUT2D eigenvalue weighted by molar-refractivity contribution is 0.111. The van der Waals surface area contributed by atoms with Crippen molar-refractivity contribution in [3.8, 4) is 5.88 Å². The van der Waals surface area contributed by atoms with E-state index in [4.69, 9.17) is 4.74 Å². The SMILES string of the molecule is OC(COc1ccccn1)CN(c1ccccc1)c1ccccc1. The molecule has 1 aromatic heterocycles. The molecule has 3 rings (SSSR count). The smallest absolute Gasteiger partial charge is 0.213 e. The summed E-state index contributed by atoms with van der Waals surface area (Å²) in [5, 5.41) is 10.4. The molecule has 122 valence electrons. The zero-order valence-electron chi connectivity index (χ0n) is 13.3. The number of hydrogen-bond acceptors (Lipinski definition) is 4. The molecule has 1 N–H and O–H groups in total. The topological polar surface area (TPSA) is 45.6 Å². The van der Waals surface area contributed by atoms with Gasteiger partial charge in [0.2, 0.25) is 5.88 Å². The van der Waals surface area contributed by atoms with E-state index in [-0.39, 0.29) is 6.61 Å². The fourth-order valence-corrected chi connectivity index (χ4v) is 2.45. The van der Waals surface area contributed by atoms with Crippen LogP contribution in [0.2, 0.25) is 0 Å². The van der Waals surface area contributed by atoms with Crippen LogP contribution in [-0.4, -0.2) is 29.3 Å². The van der Waals surface area contributed by atoms with Crippen molar-refractivity contribution in [3.63, 3.8) is 0 Å². The van der Waals surface area contributed by atoms with Gasteiger partial charge in [-0.1, -0.05) is 42.5 Å². The molecule has 0 spiro atoms. The molecule has 3 aromatic rings. The second-order valence-electron chi connectivity index (χ2n) is 5.41. The molecule has 0 radical (unpaired) electrons. The summed E-state index contributed by atoms with van der Waals surface area (Å²) in [6.45, 7) is 0.619. The highest BCUT2D eigenvalue weighted by Crippen LogP contribution is 2.25. The molecule has 0 aliphatic heterocycles. The fourth-order valence-electron chi connectivity index (χ4n) is 2.45. The van der Waals surface area contributed by atoms with E-state index in [1.54, 1.807) is 12.3 Å². The van der Waals surface area contributed by atoms with Gasteiger partial charge in [0.05, 0.1) is 6.54 Å². The maximum Gasteiger partial charge on any atom is 0.213 e. The normalized spacial score (nSPS) is 11.7. The highest BCUT2D eigenvalue weighted by atomic mass is 16.5. The van der Waals surface area contributed by atoms with Crippen molar-refractivity contribution in [3.05, 3.63) is 85.1 Å². The molecule has 0 saturated heterocycles. The van der Waals surface area contributed by atoms with Crippen LogP contribution in [0.3, 0.4) is 0 Å². The Labute approximate surface area is 142 Å². The zero-order valence-corrected chi connectivity index (χ0v) is 13.3. The number of benzene rings is 2. The highest BCUT2D eigenvalue weighted by Gasteiger charge is 2.15. The van der Waals surface area contributed by atoms with Crippen LogP contribution in [0.15, 0.2) is 85.1 Å². The van der Waals surface area contributed by atoms with Gasteiger partial charge < -0.3 is 14.7 Å². The largest absolute Gasteiger partial charge is 0.475 e. The van der Waals surface area contributed by atoms with Crippen LogP contribution in [-0.2, 0) is 0 Å². The first-order valence-electron chi connectivity index (χ1n) is 7.92. The lowest BCUT2D eigenvalue weighted by Crippen LogP contribution is -2.32. The van der Waals surface area contributed by atoms with Crippen LogP contribution in [0, 0.1) is 0 Å². The number of nitrogens with zero attached hydrogens (tertiary/aromatic N) is 2. The van der Waals surface area contributed by atoms with Gasteiger partial charge in [-0.15, -0.1) is 0 Å². The van der Waals surface area contributed by atoms with Crippen LogP contribution in [0.1, 0.15) is 0 Å². The van der Waals surface area contributed by atoms with E-state index < -0.39 is 6.10 Å². The number of hydrogen-bond donors (Lipinski definition) is 1. The third-order valence-electron chi connectivity index (χ3n) is 3.59. The Kier molecular flexibility index (Phi) is 5.43. The first-order valence-corrected chi connectivity index (χ1v) is 7.92. The summed E-state index contributed by atoms with van der Waals surface area (Å²) in [5.74, 6) is 0.516. The van der Waals surface area contributed by atoms with Crippen molar-refractivity contribution in [1.29, 1.82) is 0 Å². The lowest BCUT2D eigenvalue weighted by Gasteiger charge is -2.27. The summed E-state index contributed by atoms with van der Waals surface area (Å²) in [6.07, 6.45) is 1.02. The molecule has 24 heavy (non-hydrogen) atoms. The number of aliphatic hydroxyl groups is 1. The van der Waals surface area contributed by atoms with Gasteiger partial charge in [0, 0.05) is 23.6 Å². The quantitative estimate of drug-likeness (QED) is 0.721. The minimum Gasteiger partial charge on any atom is -0.475 e. The summed E-state index contributed by atoms with van der Waals surface area (Å²) in [7, 11) is 0. The van der Waals surface area contributed by atoms with Crippen molar-refractivity contribution < 1.29 is 9.84 Å². The second kappa shape index (κ2) is 8.13. The standard InChI is InChI=1S/C20H20N2O2/c23-19(16-24-20-13-7-8-14-21-20)15-22(17-9-3-1-4-10-17)18-11-5-2-6-12-18/h1-14,19,23H,15-16H2. The number of pyridine rings is 1. The maximum absolute atomic E-state index is 10.4. The first kappa shape index (κ1) is 16.0. The molecule has 1 heterocycles. The van der Waals surface area contributed by atoms with Crippen molar-refractivity contribution in [2.45, 2.75) is 6.10 Å². The zero-order chi connectivity index (χ0) is 16.6. The molecular weight excluding hydrogens is 300 g/mol. The average molecular weight is 320 g/mol. The van der Waals surface area contributed by atoms with Gasteiger partial charge in [-0.2, -0.15) is 0 Å². The Balaban J connectivity index is 1.70. The van der Waals surface area contributed by atoms with Gasteiger partial charge in [0.25, 0.3) is 0 Å². The van der Waals surface area contributed by atoms with Gasteiger partial charge in [-0.05, 0) is 30.3 Å². The minimum absolute atomic E-state index is 0.188. The third-order valence-corrected chi connectivity index (χ3v) is 3.59. The Hall–Kier alpha value is -2.85. The fraction of sp³-hybridized carbons (Fsp3) is 0.150. The van der Waals surface area contributed by atoms with E-state index in [0.29, 0.717) is 12.4 Å². The van der Waals surface area contributed by atoms with Crippen molar-refractivity contribution in [2.24, 2.45) is 0 Å². The van der Waals surface area contributed by atoms with Gasteiger partial charge in [-0.25, -0.2) is 4.98 Å². The van der Waals surface area contributed by atoms with Crippen LogP contribution in [0.4, 0.5) is 11.4 Å². The van der Waals surface area contributed by atoms with Crippen LogP contribution in [0.5, 0.6) is 5.88 Å². The predicted octanol–water partition coefficient (Wildman–Crippen LogP) is 3.66. The molecule has 1 unspecified atom stereocenters. The molecule has 0 amide bonds. The number of aliphatic hydroxyl groups excluding tert-OH is 1. The molecule has 0 aliphatic carbocycles. The second-order valence-corrected chi connectivity index (χ2v) is 5.41. The molecule has 0 aliphatic rings. The highest BCUT2D eigenvalue weighted by molar-refractivity contribution is 5.63. The molecule has 0 bridgehead atoms. The van der Waals surface area contributed by atoms with Crippen LogP contribution >= 0.6 is 0 Å². The Bertz CT molecular complexity index is 681.